The Labute approximate surface area is 183 Å². The zero-order valence-electron chi connectivity index (χ0n) is 17.2. The van der Waals surface area contributed by atoms with Gasteiger partial charge in [-0.25, -0.2) is 0 Å². The van der Waals surface area contributed by atoms with Gasteiger partial charge in [-0.05, 0) is 61.5 Å². The van der Waals surface area contributed by atoms with E-state index in [1.807, 2.05) is 32.0 Å². The van der Waals surface area contributed by atoms with Crippen molar-refractivity contribution < 1.29 is 14.3 Å². The molecular weight excluding hydrogens is 418 g/mol. The average Bonchev–Trinajstić information content (AvgIpc) is 2.74. The fraction of sp³-hybridized carbons (Fsp3) is 0.190. The number of carbonyl (C=O) groups is 1. The number of aryl methyl sites for hydroxylation is 2. The molecule has 0 aliphatic carbocycles. The van der Waals surface area contributed by atoms with Crippen LogP contribution in [-0.4, -0.2) is 40.7 Å². The second-order valence-electron chi connectivity index (χ2n) is 6.64. The number of methoxy groups -OCH3 is 1. The van der Waals surface area contributed by atoms with Crippen LogP contribution < -0.4 is 20.3 Å². The fourth-order valence-electron chi connectivity index (χ4n) is 2.75. The number of benzene rings is 2. The van der Waals surface area contributed by atoms with E-state index in [1.54, 1.807) is 18.2 Å². The maximum Gasteiger partial charge on any atom is 0.293 e. The van der Waals surface area contributed by atoms with Crippen molar-refractivity contribution in [3.05, 3.63) is 74.4 Å². The van der Waals surface area contributed by atoms with Gasteiger partial charge in [0.05, 0.1) is 13.3 Å². The predicted octanol–water partition coefficient (Wildman–Crippen LogP) is 2.83. The van der Waals surface area contributed by atoms with Gasteiger partial charge in [-0.1, -0.05) is 17.7 Å². The third kappa shape index (κ3) is 5.64. The first-order valence-electron chi connectivity index (χ1n) is 9.26. The molecule has 1 aromatic heterocycles. The highest BCUT2D eigenvalue weighted by atomic mass is 32.1. The van der Waals surface area contributed by atoms with Gasteiger partial charge >= 0.3 is 0 Å². The van der Waals surface area contributed by atoms with E-state index in [-0.39, 0.29) is 17.3 Å². The summed E-state index contributed by atoms with van der Waals surface area (Å²) < 4.78 is 12.0. The highest BCUT2D eigenvalue weighted by Crippen LogP contribution is 2.27. The highest BCUT2D eigenvalue weighted by molar-refractivity contribution is 7.71. The maximum atomic E-state index is 12.3. The lowest BCUT2D eigenvalue weighted by atomic mass is 10.1. The molecule has 0 spiro atoms. The molecule has 160 valence electrons. The number of aromatic nitrogens is 3. The first-order chi connectivity index (χ1) is 14.9. The van der Waals surface area contributed by atoms with E-state index >= 15 is 0 Å². The molecule has 0 unspecified atom stereocenters. The van der Waals surface area contributed by atoms with Crippen molar-refractivity contribution in [2.45, 2.75) is 13.8 Å². The molecular formula is C21H21N5O4S. The number of hydrogen-bond donors (Lipinski definition) is 2. The Morgan fingerprint density at radius 3 is 2.77 bits per heavy atom. The number of nitrogens with zero attached hydrogens (tertiary/aromatic N) is 3. The minimum absolute atomic E-state index is 0.0745. The van der Waals surface area contributed by atoms with Crippen molar-refractivity contribution in [1.29, 1.82) is 0 Å². The summed E-state index contributed by atoms with van der Waals surface area (Å²) in [5, 5.41) is 13.0. The van der Waals surface area contributed by atoms with Gasteiger partial charge in [0.2, 0.25) is 4.77 Å². The molecule has 0 saturated heterocycles. The molecule has 0 fully saturated rings. The normalized spacial score (nSPS) is 10.8. The summed E-state index contributed by atoms with van der Waals surface area (Å²) in [4.78, 5) is 24.0. The number of nitrogens with one attached hydrogen (secondary N) is 2. The number of H-pyrrole nitrogens is 1. The van der Waals surface area contributed by atoms with Crippen molar-refractivity contribution in [2.75, 3.05) is 19.0 Å². The number of carbonyl (C=O) groups excluding carboxylic acids is 1. The average molecular weight is 439 g/mol. The number of hydrogen-bond acceptors (Lipinski definition) is 7. The van der Waals surface area contributed by atoms with Crippen LogP contribution in [0.4, 0.5) is 5.69 Å². The Morgan fingerprint density at radius 2 is 2.06 bits per heavy atom. The van der Waals surface area contributed by atoms with E-state index in [0.29, 0.717) is 17.1 Å². The summed E-state index contributed by atoms with van der Waals surface area (Å²) >= 11 is 4.99. The summed E-state index contributed by atoms with van der Waals surface area (Å²) in [5.41, 5.74) is 3.02. The molecule has 3 rings (SSSR count). The summed E-state index contributed by atoms with van der Waals surface area (Å²) in [6.45, 7) is 3.74. The van der Waals surface area contributed by atoms with Crippen LogP contribution in [0.15, 0.2) is 52.5 Å². The Balaban J connectivity index is 1.68. The molecule has 0 saturated carbocycles. The van der Waals surface area contributed by atoms with Crippen molar-refractivity contribution >= 4 is 30.0 Å². The van der Waals surface area contributed by atoms with Crippen LogP contribution in [0.1, 0.15) is 16.7 Å². The molecule has 10 heteroatoms. The number of aromatic amines is 1. The summed E-state index contributed by atoms with van der Waals surface area (Å²) in [6.07, 6.45) is 2.53. The zero-order valence-corrected chi connectivity index (χ0v) is 18.0. The lowest BCUT2D eigenvalue weighted by Crippen LogP contribution is -2.20. The fourth-order valence-corrected chi connectivity index (χ4v) is 2.94. The SMILES string of the molecule is COc1cc(/C=N/n2c(=O)cn[nH]c2=S)ccc1OCC(=O)Nc1ccc(C)cc1C. The monoisotopic (exact) mass is 439 g/mol. The molecule has 31 heavy (non-hydrogen) atoms. The third-order valence-corrected chi connectivity index (χ3v) is 4.53. The first-order valence-corrected chi connectivity index (χ1v) is 9.67. The molecule has 2 N–H and O–H groups in total. The molecule has 0 atom stereocenters. The zero-order chi connectivity index (χ0) is 22.4. The van der Waals surface area contributed by atoms with E-state index in [4.69, 9.17) is 21.7 Å². The molecule has 0 radical (unpaired) electrons. The standard InChI is InChI=1S/C21H21N5O4S/c1-13-4-6-16(14(2)8-13)24-19(27)12-30-17-7-5-15(9-18(17)29-3)10-23-26-20(28)11-22-25-21(26)31/h4-11H,12H2,1-3H3,(H,24,27)(H,25,31)/b23-10+. The van der Waals surface area contributed by atoms with Crippen molar-refractivity contribution in [3.63, 3.8) is 0 Å². The van der Waals surface area contributed by atoms with Gasteiger partial charge < -0.3 is 14.8 Å². The number of ether oxygens (including phenoxy) is 2. The first kappa shape index (κ1) is 21.9. The van der Waals surface area contributed by atoms with Gasteiger partial charge in [0.1, 0.15) is 6.20 Å². The number of rotatable bonds is 7. The van der Waals surface area contributed by atoms with Crippen LogP contribution in [0, 0.1) is 18.6 Å². The summed E-state index contributed by atoms with van der Waals surface area (Å²) in [7, 11) is 1.49. The van der Waals surface area contributed by atoms with Crippen LogP contribution in [0.25, 0.3) is 0 Å². The van der Waals surface area contributed by atoms with Gasteiger partial charge in [0.15, 0.2) is 18.1 Å². The number of amides is 1. The van der Waals surface area contributed by atoms with Crippen molar-refractivity contribution in [2.24, 2.45) is 5.10 Å². The second kappa shape index (κ2) is 9.81. The number of anilines is 1. The van der Waals surface area contributed by atoms with Gasteiger partial charge in [0, 0.05) is 5.69 Å². The second-order valence-corrected chi connectivity index (χ2v) is 7.02. The quantitative estimate of drug-likeness (QED) is 0.433. The Hall–Kier alpha value is -3.79. The Bertz CT molecular complexity index is 1220. The van der Waals surface area contributed by atoms with Crippen LogP contribution in [0.5, 0.6) is 11.5 Å². The molecule has 9 nitrogen and oxygen atoms in total. The Morgan fingerprint density at radius 1 is 1.26 bits per heavy atom. The predicted molar refractivity (Wildman–Crippen MR) is 120 cm³/mol. The van der Waals surface area contributed by atoms with Gasteiger partial charge in [-0.15, -0.1) is 0 Å². The van der Waals surface area contributed by atoms with Gasteiger partial charge in [-0.3, -0.25) is 14.7 Å². The molecule has 2 aromatic carbocycles. The van der Waals surface area contributed by atoms with E-state index in [1.165, 1.54) is 13.3 Å². The molecule has 1 heterocycles. The van der Waals surface area contributed by atoms with Crippen LogP contribution in [0.2, 0.25) is 0 Å². The highest BCUT2D eigenvalue weighted by Gasteiger charge is 2.10. The minimum Gasteiger partial charge on any atom is -0.493 e. The van der Waals surface area contributed by atoms with Crippen LogP contribution in [-0.2, 0) is 4.79 Å². The molecule has 1 amide bonds. The molecule has 0 aliphatic rings. The van der Waals surface area contributed by atoms with Crippen molar-refractivity contribution in [1.82, 2.24) is 14.9 Å². The smallest absolute Gasteiger partial charge is 0.293 e. The van der Waals surface area contributed by atoms with E-state index in [0.717, 1.165) is 27.7 Å². The third-order valence-electron chi connectivity index (χ3n) is 4.26. The Kier molecular flexibility index (Phi) is 6.93. The molecule has 3 aromatic rings. The largest absolute Gasteiger partial charge is 0.493 e. The van der Waals surface area contributed by atoms with E-state index in [2.05, 4.69) is 20.6 Å². The maximum absolute atomic E-state index is 12.3. The van der Waals surface area contributed by atoms with Crippen LogP contribution in [0.3, 0.4) is 0 Å². The van der Waals surface area contributed by atoms with E-state index in [9.17, 15) is 9.59 Å². The lowest BCUT2D eigenvalue weighted by molar-refractivity contribution is -0.118. The molecule has 0 aliphatic heterocycles. The van der Waals surface area contributed by atoms with Gasteiger partial charge in [0.25, 0.3) is 11.5 Å². The van der Waals surface area contributed by atoms with Crippen LogP contribution >= 0.6 is 12.2 Å². The summed E-state index contributed by atoms with van der Waals surface area (Å²) in [5.74, 6) is 0.523. The lowest BCUT2D eigenvalue weighted by Gasteiger charge is -2.12. The van der Waals surface area contributed by atoms with Gasteiger partial charge in [-0.2, -0.15) is 14.9 Å². The van der Waals surface area contributed by atoms with E-state index < -0.39 is 5.56 Å². The van der Waals surface area contributed by atoms with Crippen molar-refractivity contribution in [3.8, 4) is 11.5 Å². The summed E-state index contributed by atoms with van der Waals surface area (Å²) in [6, 6.07) is 10.8. The molecule has 0 bridgehead atoms. The minimum atomic E-state index is -0.457. The topological polar surface area (TPSA) is 111 Å².